The van der Waals surface area contributed by atoms with Crippen LogP contribution < -0.4 is 4.67 Å². The Morgan fingerprint density at radius 3 is 2.00 bits per heavy atom. The monoisotopic (exact) mass is 79.1 g/mol. The quantitative estimate of drug-likeness (QED) is 0.231. The Morgan fingerprint density at radius 1 is 1.50 bits per heavy atom. The van der Waals surface area contributed by atoms with Gasteiger partial charge in [0.1, 0.15) is 0 Å². The normalized spacial score (nSPS) is 4.00. The summed E-state index contributed by atoms with van der Waals surface area (Å²) in [5.41, 5.74) is 0. The Bertz CT molecular complexity index is 71.6. The fraction of sp³-hybridized carbons (Fsp3) is 0. The SMILES string of the molecule is C=CC=[N+]=C.[B]. The number of hydrogen-bond donors (Lipinski definition) is 0. The van der Waals surface area contributed by atoms with Gasteiger partial charge in [-0.3, -0.25) is 0 Å². The van der Waals surface area contributed by atoms with Crippen molar-refractivity contribution in [3.8, 4) is 0 Å². The van der Waals surface area contributed by atoms with Crippen LogP contribution in [0.1, 0.15) is 0 Å². The van der Waals surface area contributed by atoms with Crippen LogP contribution in [0.15, 0.2) is 12.7 Å². The van der Waals surface area contributed by atoms with Gasteiger partial charge in [0.15, 0.2) is 0 Å². The van der Waals surface area contributed by atoms with Crippen molar-refractivity contribution < 1.29 is 0 Å². The molecular weight excluding hydrogens is 72.9 g/mol. The van der Waals surface area contributed by atoms with Crippen LogP contribution in [-0.2, 0) is 0 Å². The highest BCUT2D eigenvalue weighted by atomic mass is 14.5. The first-order chi connectivity index (χ1) is 2.41. The second-order valence-electron chi connectivity index (χ2n) is 0.567. The van der Waals surface area contributed by atoms with Crippen molar-refractivity contribution in [3.05, 3.63) is 12.7 Å². The second-order valence-corrected chi connectivity index (χ2v) is 0.567. The van der Waals surface area contributed by atoms with E-state index in [-0.39, 0.29) is 8.41 Å². The Balaban J connectivity index is 0. The maximum absolute atomic E-state index is 3.36. The molecule has 29 valence electrons. The summed E-state index contributed by atoms with van der Waals surface area (Å²) in [6.07, 6.45) is 3.10. The van der Waals surface area contributed by atoms with Crippen LogP contribution in [0.3, 0.4) is 0 Å². The molecule has 1 nitrogen and oxygen atoms in total. The number of nitrogens with zero attached hydrogens (tertiary/aromatic N) is 1. The molecule has 0 aromatic carbocycles. The topological polar surface area (TPSA) is 14.1 Å². The van der Waals surface area contributed by atoms with Gasteiger partial charge in [-0.25, -0.2) is 0 Å². The zero-order chi connectivity index (χ0) is 4.12. The van der Waals surface area contributed by atoms with E-state index >= 15 is 0 Å². The third-order valence-electron chi connectivity index (χ3n) is 0.211. The molecule has 2 heteroatoms. The van der Waals surface area contributed by atoms with Crippen LogP contribution in [0, 0.1) is 0 Å². The molecule has 0 aliphatic rings. The summed E-state index contributed by atoms with van der Waals surface area (Å²) < 4.78 is 3.36. The minimum Gasteiger partial charge on any atom is -0.109 e. The summed E-state index contributed by atoms with van der Waals surface area (Å²) in [4.78, 5) is 0. The lowest BCUT2D eigenvalue weighted by Gasteiger charge is -1.33. The van der Waals surface area contributed by atoms with Gasteiger partial charge < -0.3 is 0 Å². The van der Waals surface area contributed by atoms with Gasteiger partial charge >= 0.3 is 0 Å². The molecule has 0 amide bonds. The van der Waals surface area contributed by atoms with Crippen molar-refractivity contribution in [1.82, 2.24) is 4.67 Å². The van der Waals surface area contributed by atoms with E-state index in [0.29, 0.717) is 0 Å². The molecule has 0 spiro atoms. The maximum atomic E-state index is 3.36. The van der Waals surface area contributed by atoms with E-state index < -0.39 is 0 Å². The molecule has 3 radical (unpaired) electrons. The van der Waals surface area contributed by atoms with Gasteiger partial charge in [0.05, 0.1) is 0 Å². The van der Waals surface area contributed by atoms with Gasteiger partial charge in [0.2, 0.25) is 0 Å². The average Bonchev–Trinajstić information content (AvgIpc) is 1.41. The standard InChI is InChI=1S/C4H6N.B/c1-3-4-5-2;/h3-4H,1-2H2;/q+1;. The van der Waals surface area contributed by atoms with E-state index in [1.165, 1.54) is 6.21 Å². The van der Waals surface area contributed by atoms with Crippen molar-refractivity contribution in [2.75, 3.05) is 0 Å². The van der Waals surface area contributed by atoms with Gasteiger partial charge in [-0.05, 0) is 0 Å². The number of hydrogen-bond acceptors (Lipinski definition) is 0. The highest BCUT2D eigenvalue weighted by Gasteiger charge is 1.53. The van der Waals surface area contributed by atoms with E-state index in [9.17, 15) is 0 Å². The molecule has 6 heavy (non-hydrogen) atoms. The lowest BCUT2D eigenvalue weighted by molar-refractivity contribution is 1.78. The second kappa shape index (κ2) is 8.87. The highest BCUT2D eigenvalue weighted by Crippen LogP contribution is 1.35. The average molecular weight is 78.9 g/mol. The maximum Gasteiger partial charge on any atom is 0.290 e. The third-order valence-corrected chi connectivity index (χ3v) is 0.211. The first kappa shape index (κ1) is 8.98. The summed E-state index contributed by atoms with van der Waals surface area (Å²) in [6, 6.07) is 0. The van der Waals surface area contributed by atoms with E-state index in [1.54, 1.807) is 6.08 Å². The predicted octanol–water partition coefficient (Wildman–Crippen LogP) is -0.370. The number of allylic oxidation sites excluding steroid dienone is 1. The van der Waals surface area contributed by atoms with E-state index in [2.05, 4.69) is 18.0 Å². The largest absolute Gasteiger partial charge is 0.290 e. The molecule has 0 heterocycles. The zero-order valence-electron chi connectivity index (χ0n) is 3.59. The Labute approximate surface area is 39.7 Å². The minimum absolute atomic E-state index is 0. The molecule has 0 aliphatic heterocycles. The molecule has 0 aliphatic carbocycles. The fourth-order valence-electron chi connectivity index (χ4n) is 0.0745. The molecule has 0 aromatic rings. The Hall–Kier alpha value is -0.745. The molecule has 0 saturated carbocycles. The summed E-state index contributed by atoms with van der Waals surface area (Å²) >= 11 is 0. The summed E-state index contributed by atoms with van der Waals surface area (Å²) in [6.45, 7) is 6.53. The highest BCUT2D eigenvalue weighted by molar-refractivity contribution is 5.75. The Morgan fingerprint density at radius 2 is 2.00 bits per heavy atom. The lowest BCUT2D eigenvalue weighted by atomic mass is 10.7. The van der Waals surface area contributed by atoms with Gasteiger partial charge in [-0.15, -0.1) is 4.67 Å². The van der Waals surface area contributed by atoms with E-state index in [0.717, 1.165) is 0 Å². The molecule has 0 fully saturated rings. The van der Waals surface area contributed by atoms with Crippen molar-refractivity contribution in [2.45, 2.75) is 0 Å². The summed E-state index contributed by atoms with van der Waals surface area (Å²) in [5.74, 6) is 0. The Kier molecular flexibility index (Phi) is 13.3. The van der Waals surface area contributed by atoms with Crippen LogP contribution in [0.4, 0.5) is 0 Å². The van der Waals surface area contributed by atoms with Crippen molar-refractivity contribution >= 4 is 21.3 Å². The zero-order valence-corrected chi connectivity index (χ0v) is 3.59. The molecule has 0 N–H and O–H groups in total. The molecular formula is C4H6BN+. The van der Waals surface area contributed by atoms with E-state index in [4.69, 9.17) is 0 Å². The van der Waals surface area contributed by atoms with Crippen LogP contribution in [-0.4, -0.2) is 21.3 Å². The molecule has 0 saturated heterocycles. The molecule has 0 rings (SSSR count). The third kappa shape index (κ3) is 10.5. The van der Waals surface area contributed by atoms with Gasteiger partial charge in [0.25, 0.3) is 12.9 Å². The van der Waals surface area contributed by atoms with Crippen LogP contribution in [0.5, 0.6) is 0 Å². The smallest absolute Gasteiger partial charge is 0.109 e. The van der Waals surface area contributed by atoms with Gasteiger partial charge in [0, 0.05) is 14.5 Å². The fourth-order valence-corrected chi connectivity index (χ4v) is 0.0745. The molecule has 0 bridgehead atoms. The van der Waals surface area contributed by atoms with Crippen molar-refractivity contribution in [2.24, 2.45) is 0 Å². The molecule has 0 aromatic heterocycles. The minimum atomic E-state index is 0. The van der Waals surface area contributed by atoms with Crippen molar-refractivity contribution in [1.29, 1.82) is 0 Å². The summed E-state index contributed by atoms with van der Waals surface area (Å²) in [5, 5.41) is 0. The van der Waals surface area contributed by atoms with Crippen molar-refractivity contribution in [3.63, 3.8) is 0 Å². The number of rotatable bonds is 1. The molecule has 0 atom stereocenters. The van der Waals surface area contributed by atoms with Gasteiger partial charge in [-0.2, -0.15) is 0 Å². The van der Waals surface area contributed by atoms with Gasteiger partial charge in [-0.1, -0.05) is 6.58 Å². The first-order valence-electron chi connectivity index (χ1n) is 1.32. The molecule has 0 unspecified atom stereocenters. The summed E-state index contributed by atoms with van der Waals surface area (Å²) in [7, 11) is 0. The predicted molar refractivity (Wildman–Crippen MR) is 31.3 cm³/mol. The first-order valence-corrected chi connectivity index (χ1v) is 1.32. The van der Waals surface area contributed by atoms with Crippen LogP contribution in [0.2, 0.25) is 0 Å². The van der Waals surface area contributed by atoms with E-state index in [1.807, 2.05) is 0 Å². The lowest BCUT2D eigenvalue weighted by Crippen LogP contribution is -1.61. The van der Waals surface area contributed by atoms with Crippen LogP contribution in [0.25, 0.3) is 0 Å². The van der Waals surface area contributed by atoms with Crippen LogP contribution >= 0.6 is 0 Å².